The number of ether oxygens (including phenoxy) is 1. The average Bonchev–Trinajstić information content (AvgIpc) is 2.83. The number of nitrogens with zero attached hydrogens (tertiary/aromatic N) is 3. The van der Waals surface area contributed by atoms with Gasteiger partial charge in [0.25, 0.3) is 0 Å². The highest BCUT2D eigenvalue weighted by Crippen LogP contribution is 2.35. The Bertz CT molecular complexity index is 1080. The maximum Gasteiger partial charge on any atom is 0.214 e. The van der Waals surface area contributed by atoms with Crippen molar-refractivity contribution < 1.29 is 17.5 Å². The van der Waals surface area contributed by atoms with Gasteiger partial charge >= 0.3 is 0 Å². The normalized spacial score (nSPS) is 28.0. The molecule has 0 spiro atoms. The van der Waals surface area contributed by atoms with Gasteiger partial charge in [-0.05, 0) is 80.7 Å². The van der Waals surface area contributed by atoms with Crippen molar-refractivity contribution in [1.29, 1.82) is 0 Å². The van der Waals surface area contributed by atoms with Crippen LogP contribution in [0.1, 0.15) is 62.8 Å². The Morgan fingerprint density at radius 3 is 2.57 bits per heavy atom. The molecule has 2 aromatic rings. The number of aromatic nitrogens is 2. The van der Waals surface area contributed by atoms with Gasteiger partial charge in [0.1, 0.15) is 5.82 Å². The number of hydrogen-bond donors (Lipinski definition) is 1. The predicted octanol–water partition coefficient (Wildman–Crippen LogP) is 4.03. The third-order valence-corrected chi connectivity index (χ3v) is 9.94. The second kappa shape index (κ2) is 10.9. The molecule has 5 rings (SSSR count). The summed E-state index contributed by atoms with van der Waals surface area (Å²) in [7, 11) is -3.31. The molecule has 2 saturated carbocycles. The lowest BCUT2D eigenvalue weighted by molar-refractivity contribution is -0.00220. The summed E-state index contributed by atoms with van der Waals surface area (Å²) in [5.74, 6) is 1.03. The van der Waals surface area contributed by atoms with Crippen LogP contribution >= 0.6 is 0 Å². The molecule has 2 aliphatic carbocycles. The Balaban J connectivity index is 1.20. The summed E-state index contributed by atoms with van der Waals surface area (Å²) >= 11 is 0. The maximum atomic E-state index is 13.6. The molecule has 0 amide bonds. The van der Waals surface area contributed by atoms with Crippen LogP contribution in [0, 0.1) is 11.7 Å². The summed E-state index contributed by atoms with van der Waals surface area (Å²) in [5.41, 5.74) is 1.07. The number of hydrogen-bond acceptors (Lipinski definition) is 6. The van der Waals surface area contributed by atoms with Gasteiger partial charge < -0.3 is 9.64 Å². The first-order chi connectivity index (χ1) is 17.0. The van der Waals surface area contributed by atoms with Gasteiger partial charge in [-0.3, -0.25) is 0 Å². The van der Waals surface area contributed by atoms with E-state index >= 15 is 0 Å². The SMILES string of the molecule is O=S(=O)(NC1CCN(c2cccnn2)CC1CO[C@H]1CC[C@@H](c2cccc(F)c2)CC1)C1CCC1. The van der Waals surface area contributed by atoms with E-state index in [2.05, 4.69) is 19.8 Å². The Kier molecular flexibility index (Phi) is 7.65. The molecule has 3 fully saturated rings. The standard InChI is InChI=1S/C26H35FN4O3S/c27-22-5-1-4-20(16-22)19-9-11-23(12-10-19)34-18-21-17-31(26-8-3-14-28-29-26)15-13-25(21)30-35(32,33)24-6-2-7-24/h1,3-5,8,14,16,19,21,23-25,30H,2,6-7,9-13,15,17-18H2/t19-,21?,23+,25?. The van der Waals surface area contributed by atoms with E-state index in [9.17, 15) is 12.8 Å². The lowest BCUT2D eigenvalue weighted by atomic mass is 9.82. The molecule has 3 aliphatic rings. The van der Waals surface area contributed by atoms with Gasteiger partial charge in [-0.2, -0.15) is 5.10 Å². The number of piperidine rings is 1. The van der Waals surface area contributed by atoms with Gasteiger partial charge in [0, 0.05) is 31.2 Å². The lowest BCUT2D eigenvalue weighted by Crippen LogP contribution is -2.55. The monoisotopic (exact) mass is 502 g/mol. The van der Waals surface area contributed by atoms with Crippen LogP contribution in [0.3, 0.4) is 0 Å². The molecule has 2 unspecified atom stereocenters. The quantitative estimate of drug-likeness (QED) is 0.587. The van der Waals surface area contributed by atoms with Crippen molar-refractivity contribution in [3.05, 3.63) is 54.0 Å². The molecular formula is C26H35FN4O3S. The zero-order valence-electron chi connectivity index (χ0n) is 20.1. The molecule has 7 nitrogen and oxygen atoms in total. The van der Waals surface area contributed by atoms with Crippen LogP contribution in [0.4, 0.5) is 10.2 Å². The zero-order chi connectivity index (χ0) is 24.3. The third kappa shape index (κ3) is 6.01. The third-order valence-electron chi connectivity index (χ3n) is 7.96. The van der Waals surface area contributed by atoms with Crippen molar-refractivity contribution in [2.45, 2.75) is 74.7 Å². The van der Waals surface area contributed by atoms with Crippen molar-refractivity contribution in [1.82, 2.24) is 14.9 Å². The molecule has 35 heavy (non-hydrogen) atoms. The van der Waals surface area contributed by atoms with Crippen LogP contribution in [0.25, 0.3) is 0 Å². The Morgan fingerprint density at radius 2 is 1.89 bits per heavy atom. The van der Waals surface area contributed by atoms with Crippen LogP contribution < -0.4 is 9.62 Å². The minimum atomic E-state index is -3.31. The summed E-state index contributed by atoms with van der Waals surface area (Å²) in [6, 6.07) is 10.6. The first-order valence-electron chi connectivity index (χ1n) is 12.9. The van der Waals surface area contributed by atoms with Crippen LogP contribution in [-0.4, -0.2) is 55.7 Å². The highest BCUT2D eigenvalue weighted by Gasteiger charge is 2.38. The maximum absolute atomic E-state index is 13.6. The lowest BCUT2D eigenvalue weighted by Gasteiger charge is -2.41. The first kappa shape index (κ1) is 24.6. The summed E-state index contributed by atoms with van der Waals surface area (Å²) in [4.78, 5) is 2.18. The fourth-order valence-corrected chi connectivity index (χ4v) is 7.48. The van der Waals surface area contributed by atoms with E-state index in [-0.39, 0.29) is 29.1 Å². The minimum Gasteiger partial charge on any atom is -0.378 e. The van der Waals surface area contributed by atoms with E-state index in [1.165, 1.54) is 6.07 Å². The van der Waals surface area contributed by atoms with Gasteiger partial charge in [0.05, 0.1) is 18.0 Å². The second-order valence-electron chi connectivity index (χ2n) is 10.3. The van der Waals surface area contributed by atoms with E-state index in [4.69, 9.17) is 4.74 Å². The van der Waals surface area contributed by atoms with Gasteiger partial charge in [-0.25, -0.2) is 17.5 Å². The Hall–Kier alpha value is -2.10. The van der Waals surface area contributed by atoms with Crippen molar-refractivity contribution in [3.8, 4) is 0 Å². The average molecular weight is 503 g/mol. The van der Waals surface area contributed by atoms with Gasteiger partial charge in [-0.15, -0.1) is 5.10 Å². The van der Waals surface area contributed by atoms with E-state index in [1.807, 2.05) is 18.2 Å². The molecule has 9 heteroatoms. The molecule has 1 aliphatic heterocycles. The summed E-state index contributed by atoms with van der Waals surface area (Å²) in [5, 5.41) is 8.00. The Morgan fingerprint density at radius 1 is 1.06 bits per heavy atom. The highest BCUT2D eigenvalue weighted by atomic mass is 32.2. The molecular weight excluding hydrogens is 467 g/mol. The summed E-state index contributed by atoms with van der Waals surface area (Å²) in [6.45, 7) is 1.91. The van der Waals surface area contributed by atoms with Crippen LogP contribution in [-0.2, 0) is 14.8 Å². The fraction of sp³-hybridized carbons (Fsp3) is 0.615. The van der Waals surface area contributed by atoms with Gasteiger partial charge in [0.15, 0.2) is 5.82 Å². The number of nitrogens with one attached hydrogen (secondary N) is 1. The van der Waals surface area contributed by atoms with Crippen molar-refractivity contribution in [3.63, 3.8) is 0 Å². The molecule has 190 valence electrons. The zero-order valence-corrected chi connectivity index (χ0v) is 20.9. The number of rotatable bonds is 8. The molecule has 0 radical (unpaired) electrons. The van der Waals surface area contributed by atoms with Crippen LogP contribution in [0.2, 0.25) is 0 Å². The molecule has 2 atom stereocenters. The molecule has 0 bridgehead atoms. The van der Waals surface area contributed by atoms with E-state index in [1.54, 1.807) is 18.3 Å². The number of sulfonamides is 1. The summed E-state index contributed by atoms with van der Waals surface area (Å²) < 4.78 is 48.8. The van der Waals surface area contributed by atoms with E-state index in [0.717, 1.165) is 62.9 Å². The molecule has 1 aromatic carbocycles. The van der Waals surface area contributed by atoms with Gasteiger partial charge in [0.2, 0.25) is 10.0 Å². The molecule has 2 heterocycles. The topological polar surface area (TPSA) is 84.4 Å². The Labute approximate surface area is 207 Å². The summed E-state index contributed by atoms with van der Waals surface area (Å²) in [6.07, 6.45) is 8.82. The van der Waals surface area contributed by atoms with Crippen molar-refractivity contribution >= 4 is 15.8 Å². The fourth-order valence-electron chi connectivity index (χ4n) is 5.60. The largest absolute Gasteiger partial charge is 0.378 e. The first-order valence-corrected chi connectivity index (χ1v) is 14.4. The minimum absolute atomic E-state index is 0.0292. The second-order valence-corrected chi connectivity index (χ2v) is 12.3. The van der Waals surface area contributed by atoms with Crippen molar-refractivity contribution in [2.75, 3.05) is 24.6 Å². The van der Waals surface area contributed by atoms with Crippen LogP contribution in [0.15, 0.2) is 42.6 Å². The molecule has 1 aromatic heterocycles. The van der Waals surface area contributed by atoms with E-state index < -0.39 is 10.0 Å². The number of benzene rings is 1. The predicted molar refractivity (Wildman–Crippen MR) is 133 cm³/mol. The van der Waals surface area contributed by atoms with E-state index in [0.29, 0.717) is 25.5 Å². The number of anilines is 1. The van der Waals surface area contributed by atoms with Crippen LogP contribution in [0.5, 0.6) is 0 Å². The van der Waals surface area contributed by atoms with Gasteiger partial charge in [-0.1, -0.05) is 18.6 Å². The van der Waals surface area contributed by atoms with Crippen molar-refractivity contribution in [2.24, 2.45) is 5.92 Å². The molecule has 1 saturated heterocycles. The number of halogens is 1. The highest BCUT2D eigenvalue weighted by molar-refractivity contribution is 7.90. The molecule has 1 N–H and O–H groups in total. The smallest absolute Gasteiger partial charge is 0.214 e.